The molecule has 2 nitrogen and oxygen atoms in total. The number of hydrogen-bond donors (Lipinski definition) is 0. The molecular weight excluding hydrogens is 279 g/mol. The maximum Gasteiger partial charge on any atom is 0.179 e. The van der Waals surface area contributed by atoms with E-state index in [9.17, 15) is 0 Å². The summed E-state index contributed by atoms with van der Waals surface area (Å²) in [6, 6.07) is 3.66. The van der Waals surface area contributed by atoms with Gasteiger partial charge in [0.25, 0.3) is 0 Å². The van der Waals surface area contributed by atoms with Crippen LogP contribution in [0, 0.1) is 0 Å². The molecule has 1 aromatic rings. The van der Waals surface area contributed by atoms with Gasteiger partial charge in [-0.15, -0.1) is 0 Å². The van der Waals surface area contributed by atoms with Crippen molar-refractivity contribution in [3.63, 3.8) is 0 Å². The second kappa shape index (κ2) is 6.23. The minimum atomic E-state index is 0.571. The molecule has 0 spiro atoms. The number of hydrogen-bond acceptors (Lipinski definition) is 2. The van der Waals surface area contributed by atoms with E-state index in [0.717, 1.165) is 10.9 Å². The van der Waals surface area contributed by atoms with Crippen LogP contribution in [0.3, 0.4) is 0 Å². The fraction of sp³-hybridized carbons (Fsp3) is 0.455. The lowest BCUT2D eigenvalue weighted by Crippen LogP contribution is -2.00. The monoisotopic (exact) mass is 292 g/mol. The highest BCUT2D eigenvalue weighted by Crippen LogP contribution is 2.38. The Bertz CT molecular complexity index is 329. The molecule has 0 aromatic heterocycles. The van der Waals surface area contributed by atoms with Crippen molar-refractivity contribution in [1.29, 1.82) is 0 Å². The maximum absolute atomic E-state index is 6.07. The number of benzene rings is 1. The van der Waals surface area contributed by atoms with Gasteiger partial charge in [-0.3, -0.25) is 0 Å². The third-order valence-corrected chi connectivity index (χ3v) is 2.46. The molecule has 1 aromatic carbocycles. The molecule has 15 heavy (non-hydrogen) atoms. The van der Waals surface area contributed by atoms with E-state index in [2.05, 4.69) is 15.9 Å². The SMILES string of the molecule is CCCOc1c(Cl)cc(Br)cc1OCC. The summed E-state index contributed by atoms with van der Waals surface area (Å²) in [5.41, 5.74) is 0. The van der Waals surface area contributed by atoms with E-state index in [-0.39, 0.29) is 0 Å². The van der Waals surface area contributed by atoms with E-state index >= 15 is 0 Å². The highest BCUT2D eigenvalue weighted by Gasteiger charge is 2.11. The van der Waals surface area contributed by atoms with Gasteiger partial charge in [-0.1, -0.05) is 34.5 Å². The van der Waals surface area contributed by atoms with Crippen molar-refractivity contribution in [3.8, 4) is 11.5 Å². The molecule has 0 aliphatic rings. The van der Waals surface area contributed by atoms with Gasteiger partial charge in [0.1, 0.15) is 0 Å². The van der Waals surface area contributed by atoms with Gasteiger partial charge < -0.3 is 9.47 Å². The molecule has 1 rings (SSSR count). The van der Waals surface area contributed by atoms with E-state index in [0.29, 0.717) is 29.7 Å². The predicted octanol–water partition coefficient (Wildman–Crippen LogP) is 4.29. The normalized spacial score (nSPS) is 10.1. The van der Waals surface area contributed by atoms with E-state index < -0.39 is 0 Å². The van der Waals surface area contributed by atoms with Crippen molar-refractivity contribution in [2.75, 3.05) is 13.2 Å². The Balaban J connectivity index is 2.97. The van der Waals surface area contributed by atoms with Gasteiger partial charge in [0.2, 0.25) is 0 Å². The Morgan fingerprint density at radius 1 is 1.27 bits per heavy atom. The van der Waals surface area contributed by atoms with Gasteiger partial charge in [0.05, 0.1) is 18.2 Å². The largest absolute Gasteiger partial charge is 0.490 e. The van der Waals surface area contributed by atoms with Gasteiger partial charge in [0.15, 0.2) is 11.5 Å². The number of ether oxygens (including phenoxy) is 2. The first-order valence-corrected chi connectivity index (χ1v) is 6.10. The van der Waals surface area contributed by atoms with Crippen LogP contribution in [0.4, 0.5) is 0 Å². The zero-order valence-electron chi connectivity index (χ0n) is 8.85. The summed E-state index contributed by atoms with van der Waals surface area (Å²) in [7, 11) is 0. The summed E-state index contributed by atoms with van der Waals surface area (Å²) in [5, 5.41) is 0.571. The minimum absolute atomic E-state index is 0.571. The topological polar surface area (TPSA) is 18.5 Å². The van der Waals surface area contributed by atoms with Gasteiger partial charge in [-0.2, -0.15) is 0 Å². The average Bonchev–Trinajstić information content (AvgIpc) is 2.17. The molecule has 0 fully saturated rings. The molecule has 0 radical (unpaired) electrons. The first-order valence-electron chi connectivity index (χ1n) is 4.93. The first kappa shape index (κ1) is 12.7. The van der Waals surface area contributed by atoms with Crippen LogP contribution in [0.25, 0.3) is 0 Å². The van der Waals surface area contributed by atoms with Gasteiger partial charge in [-0.25, -0.2) is 0 Å². The van der Waals surface area contributed by atoms with Crippen LogP contribution in [-0.2, 0) is 0 Å². The molecule has 0 aliphatic heterocycles. The lowest BCUT2D eigenvalue weighted by Gasteiger charge is -2.13. The molecule has 0 atom stereocenters. The van der Waals surface area contributed by atoms with Crippen LogP contribution in [0.1, 0.15) is 20.3 Å². The van der Waals surface area contributed by atoms with Gasteiger partial charge >= 0.3 is 0 Å². The third-order valence-electron chi connectivity index (χ3n) is 1.72. The number of halogens is 2. The highest BCUT2D eigenvalue weighted by molar-refractivity contribution is 9.10. The lowest BCUT2D eigenvalue weighted by molar-refractivity contribution is 0.277. The molecule has 84 valence electrons. The second-order valence-electron chi connectivity index (χ2n) is 3.00. The van der Waals surface area contributed by atoms with E-state index in [1.807, 2.05) is 19.9 Å². The minimum Gasteiger partial charge on any atom is -0.490 e. The summed E-state index contributed by atoms with van der Waals surface area (Å²) >= 11 is 9.44. The zero-order valence-corrected chi connectivity index (χ0v) is 11.2. The smallest absolute Gasteiger partial charge is 0.179 e. The van der Waals surface area contributed by atoms with Crippen molar-refractivity contribution in [3.05, 3.63) is 21.6 Å². The summed E-state index contributed by atoms with van der Waals surface area (Å²) in [4.78, 5) is 0. The van der Waals surface area contributed by atoms with Crippen LogP contribution in [0.2, 0.25) is 5.02 Å². The van der Waals surface area contributed by atoms with Crippen molar-refractivity contribution in [2.45, 2.75) is 20.3 Å². The molecule has 0 saturated heterocycles. The van der Waals surface area contributed by atoms with Crippen molar-refractivity contribution in [2.24, 2.45) is 0 Å². The highest BCUT2D eigenvalue weighted by atomic mass is 79.9. The van der Waals surface area contributed by atoms with Crippen molar-refractivity contribution < 1.29 is 9.47 Å². The Morgan fingerprint density at radius 3 is 2.60 bits per heavy atom. The molecule has 0 N–H and O–H groups in total. The Labute approximate surface area is 104 Å². The van der Waals surface area contributed by atoms with Crippen molar-refractivity contribution >= 4 is 27.5 Å². The van der Waals surface area contributed by atoms with Crippen LogP contribution in [0.15, 0.2) is 16.6 Å². The molecule has 0 aliphatic carbocycles. The van der Waals surface area contributed by atoms with E-state index in [1.54, 1.807) is 6.07 Å². The fourth-order valence-electron chi connectivity index (χ4n) is 1.14. The molecule has 0 amide bonds. The zero-order chi connectivity index (χ0) is 11.3. The van der Waals surface area contributed by atoms with Crippen molar-refractivity contribution in [1.82, 2.24) is 0 Å². The molecule has 0 saturated carbocycles. The quantitative estimate of drug-likeness (QED) is 0.806. The van der Waals surface area contributed by atoms with Crippen LogP contribution < -0.4 is 9.47 Å². The predicted molar refractivity (Wildman–Crippen MR) is 66.1 cm³/mol. The average molecular weight is 294 g/mol. The standard InChI is InChI=1S/C11H14BrClO2/c1-3-5-15-11-9(13)6-8(12)7-10(11)14-4-2/h6-7H,3-5H2,1-2H3. The summed E-state index contributed by atoms with van der Waals surface area (Å²) in [5.74, 6) is 1.31. The molecule has 0 bridgehead atoms. The van der Waals surface area contributed by atoms with Gasteiger partial charge in [0, 0.05) is 4.47 Å². The lowest BCUT2D eigenvalue weighted by atomic mass is 10.3. The van der Waals surface area contributed by atoms with Crippen LogP contribution >= 0.6 is 27.5 Å². The number of rotatable bonds is 5. The molecular formula is C11H14BrClO2. The third kappa shape index (κ3) is 3.58. The van der Waals surface area contributed by atoms with Gasteiger partial charge in [-0.05, 0) is 25.5 Å². The molecule has 4 heteroatoms. The Hall–Kier alpha value is -0.410. The van der Waals surface area contributed by atoms with E-state index in [1.165, 1.54) is 0 Å². The maximum atomic E-state index is 6.07. The summed E-state index contributed by atoms with van der Waals surface area (Å²) < 4.78 is 11.9. The first-order chi connectivity index (χ1) is 7.19. The molecule has 0 heterocycles. The van der Waals surface area contributed by atoms with E-state index in [4.69, 9.17) is 21.1 Å². The second-order valence-corrected chi connectivity index (χ2v) is 4.32. The van der Waals surface area contributed by atoms with Crippen LogP contribution in [-0.4, -0.2) is 13.2 Å². The Morgan fingerprint density at radius 2 is 2.00 bits per heavy atom. The summed E-state index contributed by atoms with van der Waals surface area (Å²) in [6.45, 7) is 5.21. The Kier molecular flexibility index (Phi) is 5.26. The summed E-state index contributed by atoms with van der Waals surface area (Å²) in [6.07, 6.45) is 0.942. The fourth-order valence-corrected chi connectivity index (χ4v) is 1.98. The molecule has 0 unspecified atom stereocenters. The van der Waals surface area contributed by atoms with Crippen LogP contribution in [0.5, 0.6) is 11.5 Å².